The molecule has 146 valence electrons. The molecule has 1 N–H and O–H groups in total. The fourth-order valence-corrected chi connectivity index (χ4v) is 3.46. The van der Waals surface area contributed by atoms with Gasteiger partial charge in [-0.3, -0.25) is 14.6 Å². The Hall–Kier alpha value is -3.35. The average molecular weight is 382 g/mol. The van der Waals surface area contributed by atoms with Gasteiger partial charge >= 0.3 is 0 Å². The Balaban J connectivity index is 2.28. The highest BCUT2D eigenvalue weighted by Gasteiger charge is 2.46. The summed E-state index contributed by atoms with van der Waals surface area (Å²) in [6.07, 6.45) is 3.87. The van der Waals surface area contributed by atoms with Crippen LogP contribution in [-0.4, -0.2) is 47.4 Å². The Morgan fingerprint density at radius 1 is 1.14 bits per heavy atom. The van der Waals surface area contributed by atoms with Crippen LogP contribution >= 0.6 is 0 Å². The number of methoxy groups -OCH3 is 2. The number of aliphatic hydroxyl groups excluding tert-OH is 1. The van der Waals surface area contributed by atoms with Crippen molar-refractivity contribution in [3.8, 4) is 11.5 Å². The van der Waals surface area contributed by atoms with Crippen LogP contribution in [0.15, 0.2) is 48.3 Å². The summed E-state index contributed by atoms with van der Waals surface area (Å²) < 4.78 is 10.7. The zero-order valence-electron chi connectivity index (χ0n) is 16.0. The van der Waals surface area contributed by atoms with Gasteiger partial charge in [-0.2, -0.15) is 0 Å². The maximum Gasteiger partial charge on any atom is 0.295 e. The van der Waals surface area contributed by atoms with Crippen molar-refractivity contribution in [3.05, 3.63) is 59.4 Å². The van der Waals surface area contributed by atoms with Crippen LogP contribution in [0.5, 0.6) is 11.5 Å². The van der Waals surface area contributed by atoms with Crippen LogP contribution in [0.4, 0.5) is 0 Å². The van der Waals surface area contributed by atoms with Crippen molar-refractivity contribution in [2.24, 2.45) is 0 Å². The fraction of sp³-hybridized carbons (Fsp3) is 0.286. The van der Waals surface area contributed by atoms with Crippen LogP contribution in [0.1, 0.15) is 30.5 Å². The SMILES string of the molecule is CCCN1C(=O)C(=O)/C(=C(/O)c2c(OC)cccc2OC)C1c1cccnc1. The van der Waals surface area contributed by atoms with Gasteiger partial charge in [-0.1, -0.05) is 19.1 Å². The third-order valence-corrected chi connectivity index (χ3v) is 4.67. The number of ketones is 1. The molecule has 7 nitrogen and oxygen atoms in total. The number of rotatable bonds is 6. The monoisotopic (exact) mass is 382 g/mol. The second-order valence-electron chi connectivity index (χ2n) is 6.32. The van der Waals surface area contributed by atoms with E-state index in [1.165, 1.54) is 19.1 Å². The Morgan fingerprint density at radius 2 is 1.82 bits per heavy atom. The molecule has 0 radical (unpaired) electrons. The van der Waals surface area contributed by atoms with Gasteiger partial charge in [0.15, 0.2) is 0 Å². The van der Waals surface area contributed by atoms with Gasteiger partial charge in [-0.05, 0) is 30.2 Å². The molecule has 1 fully saturated rings. The lowest BCUT2D eigenvalue weighted by molar-refractivity contribution is -0.139. The first kappa shape index (κ1) is 19.4. The number of amides is 1. The van der Waals surface area contributed by atoms with Crippen molar-refractivity contribution in [1.29, 1.82) is 0 Å². The zero-order chi connectivity index (χ0) is 20.3. The van der Waals surface area contributed by atoms with Crippen molar-refractivity contribution in [2.45, 2.75) is 19.4 Å². The largest absolute Gasteiger partial charge is 0.506 e. The fourth-order valence-electron chi connectivity index (χ4n) is 3.46. The molecule has 2 heterocycles. The van der Waals surface area contributed by atoms with Gasteiger partial charge in [-0.25, -0.2) is 0 Å². The summed E-state index contributed by atoms with van der Waals surface area (Å²) in [6.45, 7) is 2.30. The number of likely N-dealkylation sites (tertiary alicyclic amines) is 1. The van der Waals surface area contributed by atoms with E-state index in [9.17, 15) is 14.7 Å². The average Bonchev–Trinajstić information content (AvgIpc) is 2.98. The second kappa shape index (κ2) is 8.12. The van der Waals surface area contributed by atoms with E-state index in [1.807, 2.05) is 6.92 Å². The normalized spacial score (nSPS) is 18.4. The summed E-state index contributed by atoms with van der Waals surface area (Å²) >= 11 is 0. The lowest BCUT2D eigenvalue weighted by Gasteiger charge is -2.24. The summed E-state index contributed by atoms with van der Waals surface area (Å²) in [5.41, 5.74) is 0.871. The minimum atomic E-state index is -0.743. The molecule has 2 aromatic rings. The molecule has 0 saturated carbocycles. The van der Waals surface area contributed by atoms with Gasteiger partial charge in [-0.15, -0.1) is 0 Å². The van der Waals surface area contributed by atoms with E-state index in [4.69, 9.17) is 9.47 Å². The molecular formula is C21H22N2O5. The molecule has 0 bridgehead atoms. The lowest BCUT2D eigenvalue weighted by Crippen LogP contribution is -2.30. The Bertz CT molecular complexity index is 901. The molecule has 1 amide bonds. The quantitative estimate of drug-likeness (QED) is 0.469. The molecule has 0 aliphatic carbocycles. The van der Waals surface area contributed by atoms with Crippen LogP contribution in [-0.2, 0) is 9.59 Å². The first-order valence-corrected chi connectivity index (χ1v) is 8.94. The molecular weight excluding hydrogens is 360 g/mol. The number of carbonyl (C=O) groups excluding carboxylic acids is 2. The third-order valence-electron chi connectivity index (χ3n) is 4.67. The van der Waals surface area contributed by atoms with Crippen molar-refractivity contribution in [3.63, 3.8) is 0 Å². The topological polar surface area (TPSA) is 89.0 Å². The number of pyridine rings is 1. The number of hydrogen-bond acceptors (Lipinski definition) is 6. The molecule has 1 aliphatic rings. The predicted octanol–water partition coefficient (Wildman–Crippen LogP) is 2.93. The first-order chi connectivity index (χ1) is 13.5. The second-order valence-corrected chi connectivity index (χ2v) is 6.32. The van der Waals surface area contributed by atoms with Crippen molar-refractivity contribution in [2.75, 3.05) is 20.8 Å². The van der Waals surface area contributed by atoms with Crippen molar-refractivity contribution in [1.82, 2.24) is 9.88 Å². The predicted molar refractivity (Wildman–Crippen MR) is 103 cm³/mol. The molecule has 1 atom stereocenters. The highest BCUT2D eigenvalue weighted by molar-refractivity contribution is 6.46. The molecule has 1 aliphatic heterocycles. The molecule has 28 heavy (non-hydrogen) atoms. The van der Waals surface area contributed by atoms with Gasteiger partial charge in [0.25, 0.3) is 11.7 Å². The molecule has 1 aromatic carbocycles. The molecule has 1 saturated heterocycles. The van der Waals surface area contributed by atoms with E-state index >= 15 is 0 Å². The van der Waals surface area contributed by atoms with E-state index in [0.717, 1.165) is 0 Å². The minimum Gasteiger partial charge on any atom is -0.506 e. The maximum atomic E-state index is 12.9. The molecule has 7 heteroatoms. The smallest absolute Gasteiger partial charge is 0.295 e. The molecule has 1 unspecified atom stereocenters. The summed E-state index contributed by atoms with van der Waals surface area (Å²) in [6, 6.07) is 7.79. The van der Waals surface area contributed by atoms with Crippen LogP contribution in [0.25, 0.3) is 5.76 Å². The van der Waals surface area contributed by atoms with Crippen molar-refractivity contribution < 1.29 is 24.2 Å². The number of nitrogens with zero attached hydrogens (tertiary/aromatic N) is 2. The van der Waals surface area contributed by atoms with Gasteiger partial charge in [0.1, 0.15) is 22.8 Å². The van der Waals surface area contributed by atoms with Crippen LogP contribution in [0, 0.1) is 0 Å². The van der Waals surface area contributed by atoms with E-state index in [-0.39, 0.29) is 16.9 Å². The van der Waals surface area contributed by atoms with E-state index < -0.39 is 17.7 Å². The van der Waals surface area contributed by atoms with Gasteiger partial charge in [0.2, 0.25) is 0 Å². The lowest BCUT2D eigenvalue weighted by atomic mass is 9.95. The molecule has 1 aromatic heterocycles. The number of carbonyl (C=O) groups is 2. The van der Waals surface area contributed by atoms with Crippen LogP contribution in [0.2, 0.25) is 0 Å². The zero-order valence-corrected chi connectivity index (χ0v) is 16.0. The van der Waals surface area contributed by atoms with Gasteiger partial charge in [0.05, 0.1) is 25.8 Å². The number of aromatic nitrogens is 1. The van der Waals surface area contributed by atoms with Crippen LogP contribution in [0.3, 0.4) is 0 Å². The van der Waals surface area contributed by atoms with E-state index in [2.05, 4.69) is 4.98 Å². The molecule has 3 rings (SSSR count). The van der Waals surface area contributed by atoms with Crippen molar-refractivity contribution >= 4 is 17.4 Å². The number of benzene rings is 1. The summed E-state index contributed by atoms with van der Waals surface area (Å²) in [4.78, 5) is 31.1. The Kier molecular flexibility index (Phi) is 5.63. The Labute approximate surface area is 163 Å². The summed E-state index contributed by atoms with van der Waals surface area (Å²) in [7, 11) is 2.92. The van der Waals surface area contributed by atoms with Crippen LogP contribution < -0.4 is 9.47 Å². The highest BCUT2D eigenvalue weighted by atomic mass is 16.5. The highest BCUT2D eigenvalue weighted by Crippen LogP contribution is 2.43. The number of Topliss-reactive ketones (excluding diaryl/α,β-unsaturated/α-hetero) is 1. The molecule has 0 spiro atoms. The maximum absolute atomic E-state index is 12.9. The summed E-state index contributed by atoms with van der Waals surface area (Å²) in [5.74, 6) is -1.05. The third kappa shape index (κ3) is 3.19. The number of hydrogen-bond donors (Lipinski definition) is 1. The van der Waals surface area contributed by atoms with Gasteiger partial charge in [0, 0.05) is 18.9 Å². The number of aliphatic hydroxyl groups is 1. The standard InChI is InChI=1S/C21H22N2O5/c1-4-11-23-18(13-7-6-10-22-12-13)17(20(25)21(23)26)19(24)16-14(27-2)8-5-9-15(16)28-3/h5-10,12,18,24H,4,11H2,1-3H3/b19-17+. The van der Waals surface area contributed by atoms with Gasteiger partial charge < -0.3 is 19.5 Å². The van der Waals surface area contributed by atoms with E-state index in [0.29, 0.717) is 30.0 Å². The number of ether oxygens (including phenoxy) is 2. The summed E-state index contributed by atoms with van der Waals surface area (Å²) in [5, 5.41) is 11.1. The first-order valence-electron chi connectivity index (χ1n) is 8.94. The Morgan fingerprint density at radius 3 is 2.36 bits per heavy atom. The minimum absolute atomic E-state index is 0.00532. The van der Waals surface area contributed by atoms with E-state index in [1.54, 1.807) is 42.7 Å².